The standard InChI is InChI=1S/C15H22F2N2O3S/c1-3-15(4-2,10-18)19-13(20)9-11-5-7-12(8-6-11)23(21,22)14(16)17/h5-8,14H,3-4,9-10,18H2,1-2H3,(H,19,20). The molecule has 0 aliphatic carbocycles. The molecule has 1 amide bonds. The number of hydrogen-bond acceptors (Lipinski definition) is 4. The summed E-state index contributed by atoms with van der Waals surface area (Å²) in [6.45, 7) is 4.18. The Labute approximate surface area is 135 Å². The Kier molecular flexibility index (Phi) is 6.64. The third-order valence-corrected chi connectivity index (χ3v) is 5.40. The molecule has 8 heteroatoms. The molecule has 5 nitrogen and oxygen atoms in total. The van der Waals surface area contributed by atoms with Crippen LogP contribution >= 0.6 is 0 Å². The van der Waals surface area contributed by atoms with E-state index in [1.165, 1.54) is 12.1 Å². The van der Waals surface area contributed by atoms with Crippen LogP contribution in [0.25, 0.3) is 0 Å². The predicted molar refractivity (Wildman–Crippen MR) is 83.8 cm³/mol. The van der Waals surface area contributed by atoms with Crippen molar-refractivity contribution < 1.29 is 22.0 Å². The van der Waals surface area contributed by atoms with Crippen molar-refractivity contribution in [1.29, 1.82) is 0 Å². The van der Waals surface area contributed by atoms with E-state index < -0.39 is 26.0 Å². The normalized spacial score (nSPS) is 12.4. The smallest absolute Gasteiger partial charge is 0.341 e. The molecule has 3 N–H and O–H groups in total. The van der Waals surface area contributed by atoms with Crippen molar-refractivity contribution in [2.75, 3.05) is 6.54 Å². The van der Waals surface area contributed by atoms with Gasteiger partial charge in [0.15, 0.2) is 0 Å². The maximum Gasteiger partial charge on any atom is 0.341 e. The molecular weight excluding hydrogens is 326 g/mol. The van der Waals surface area contributed by atoms with E-state index in [4.69, 9.17) is 5.73 Å². The lowest BCUT2D eigenvalue weighted by Gasteiger charge is -2.31. The van der Waals surface area contributed by atoms with E-state index in [2.05, 4.69) is 5.32 Å². The van der Waals surface area contributed by atoms with Crippen LogP contribution in [0.15, 0.2) is 29.2 Å². The van der Waals surface area contributed by atoms with Crippen LogP contribution in [0, 0.1) is 0 Å². The molecular formula is C15H22F2N2O3S. The highest BCUT2D eigenvalue weighted by Gasteiger charge is 2.27. The summed E-state index contributed by atoms with van der Waals surface area (Å²) in [5.74, 6) is -3.71. The van der Waals surface area contributed by atoms with Crippen LogP contribution < -0.4 is 11.1 Å². The number of alkyl halides is 2. The van der Waals surface area contributed by atoms with Gasteiger partial charge in [0.1, 0.15) is 0 Å². The summed E-state index contributed by atoms with van der Waals surface area (Å²) < 4.78 is 47.5. The Bertz CT molecular complexity index is 618. The molecule has 0 heterocycles. The van der Waals surface area contributed by atoms with E-state index in [0.29, 0.717) is 24.9 Å². The van der Waals surface area contributed by atoms with Crippen LogP contribution in [-0.2, 0) is 21.1 Å². The number of carbonyl (C=O) groups is 1. The maximum atomic E-state index is 12.4. The van der Waals surface area contributed by atoms with Gasteiger partial charge in [0, 0.05) is 6.54 Å². The molecule has 0 bridgehead atoms. The van der Waals surface area contributed by atoms with Crippen molar-refractivity contribution in [2.24, 2.45) is 5.73 Å². The zero-order valence-corrected chi connectivity index (χ0v) is 14.0. The van der Waals surface area contributed by atoms with Crippen molar-refractivity contribution in [3.8, 4) is 0 Å². The second kappa shape index (κ2) is 7.83. The van der Waals surface area contributed by atoms with E-state index in [1.54, 1.807) is 0 Å². The molecule has 0 atom stereocenters. The first-order chi connectivity index (χ1) is 10.7. The number of hydrogen-bond donors (Lipinski definition) is 2. The summed E-state index contributed by atoms with van der Waals surface area (Å²) in [6, 6.07) is 4.88. The van der Waals surface area contributed by atoms with Crippen LogP contribution in [0.1, 0.15) is 32.3 Å². The fraction of sp³-hybridized carbons (Fsp3) is 0.533. The minimum absolute atomic E-state index is 0.0246. The highest BCUT2D eigenvalue weighted by atomic mass is 32.2. The molecule has 1 rings (SSSR count). The Balaban J connectivity index is 2.81. The molecule has 0 aliphatic heterocycles. The molecule has 0 aliphatic rings. The molecule has 0 aromatic heterocycles. The molecule has 0 radical (unpaired) electrons. The quantitative estimate of drug-likeness (QED) is 0.750. The van der Waals surface area contributed by atoms with Gasteiger partial charge in [-0.25, -0.2) is 8.42 Å². The van der Waals surface area contributed by atoms with Gasteiger partial charge in [0.05, 0.1) is 16.9 Å². The average molecular weight is 348 g/mol. The van der Waals surface area contributed by atoms with Gasteiger partial charge in [-0.1, -0.05) is 26.0 Å². The number of amides is 1. The van der Waals surface area contributed by atoms with Crippen LogP contribution in [0.2, 0.25) is 0 Å². The number of rotatable bonds is 8. The molecule has 0 saturated heterocycles. The molecule has 0 saturated carbocycles. The monoisotopic (exact) mass is 348 g/mol. The lowest BCUT2D eigenvalue weighted by Crippen LogP contribution is -2.53. The number of sulfone groups is 1. The fourth-order valence-electron chi connectivity index (χ4n) is 2.19. The molecule has 0 fully saturated rings. The highest BCUT2D eigenvalue weighted by Crippen LogP contribution is 2.19. The van der Waals surface area contributed by atoms with E-state index >= 15 is 0 Å². The SMILES string of the molecule is CCC(CC)(CN)NC(=O)Cc1ccc(S(=O)(=O)C(F)F)cc1. The van der Waals surface area contributed by atoms with Crippen LogP contribution in [0.4, 0.5) is 8.78 Å². The largest absolute Gasteiger partial charge is 0.349 e. The van der Waals surface area contributed by atoms with Crippen LogP contribution in [0.3, 0.4) is 0 Å². The van der Waals surface area contributed by atoms with E-state index in [1.807, 2.05) is 13.8 Å². The first-order valence-electron chi connectivity index (χ1n) is 7.33. The Morgan fingerprint density at radius 3 is 2.13 bits per heavy atom. The molecule has 23 heavy (non-hydrogen) atoms. The van der Waals surface area contributed by atoms with Crippen molar-refractivity contribution in [2.45, 2.75) is 49.3 Å². The van der Waals surface area contributed by atoms with E-state index in [0.717, 1.165) is 12.1 Å². The first kappa shape index (κ1) is 19.5. The first-order valence-corrected chi connectivity index (χ1v) is 8.87. The highest BCUT2D eigenvalue weighted by molar-refractivity contribution is 7.91. The summed E-state index contributed by atoms with van der Waals surface area (Å²) >= 11 is 0. The van der Waals surface area contributed by atoms with Gasteiger partial charge in [-0.3, -0.25) is 4.79 Å². The molecule has 130 valence electrons. The molecule has 1 aromatic rings. The molecule has 0 unspecified atom stereocenters. The zero-order chi connectivity index (χ0) is 17.7. The summed E-state index contributed by atoms with van der Waals surface area (Å²) in [5.41, 5.74) is 5.79. The third kappa shape index (κ3) is 4.71. The Morgan fingerprint density at radius 2 is 1.74 bits per heavy atom. The number of carbonyl (C=O) groups excluding carboxylic acids is 1. The van der Waals surface area contributed by atoms with Gasteiger partial charge in [0.25, 0.3) is 0 Å². The van der Waals surface area contributed by atoms with Gasteiger partial charge >= 0.3 is 5.76 Å². The summed E-state index contributed by atoms with van der Waals surface area (Å²) in [6.07, 6.45) is 1.41. The predicted octanol–water partition coefficient (Wildman–Crippen LogP) is 1.86. The lowest BCUT2D eigenvalue weighted by molar-refractivity contribution is -0.122. The number of nitrogens with one attached hydrogen (secondary N) is 1. The number of benzene rings is 1. The van der Waals surface area contributed by atoms with Crippen LogP contribution in [0.5, 0.6) is 0 Å². The topological polar surface area (TPSA) is 89.3 Å². The lowest BCUT2D eigenvalue weighted by atomic mass is 9.92. The minimum Gasteiger partial charge on any atom is -0.349 e. The second-order valence-electron chi connectivity index (χ2n) is 5.37. The van der Waals surface area contributed by atoms with Gasteiger partial charge in [0.2, 0.25) is 15.7 Å². The van der Waals surface area contributed by atoms with E-state index in [-0.39, 0.29) is 12.3 Å². The van der Waals surface area contributed by atoms with Gasteiger partial charge in [-0.2, -0.15) is 8.78 Å². The maximum absolute atomic E-state index is 12.4. The van der Waals surface area contributed by atoms with Crippen molar-refractivity contribution in [1.82, 2.24) is 5.32 Å². The molecule has 0 spiro atoms. The zero-order valence-electron chi connectivity index (χ0n) is 13.2. The van der Waals surface area contributed by atoms with Gasteiger partial charge in [-0.15, -0.1) is 0 Å². The second-order valence-corrected chi connectivity index (χ2v) is 7.28. The molecule has 1 aromatic carbocycles. The third-order valence-electron chi connectivity index (χ3n) is 4.00. The minimum atomic E-state index is -4.61. The summed E-state index contributed by atoms with van der Waals surface area (Å²) in [5, 5.41) is 2.89. The Morgan fingerprint density at radius 1 is 1.22 bits per heavy atom. The number of nitrogens with two attached hydrogens (primary N) is 1. The van der Waals surface area contributed by atoms with Crippen molar-refractivity contribution in [3.63, 3.8) is 0 Å². The Hall–Kier alpha value is -1.54. The van der Waals surface area contributed by atoms with Crippen LogP contribution in [-0.4, -0.2) is 32.2 Å². The van der Waals surface area contributed by atoms with Crippen molar-refractivity contribution >= 4 is 15.7 Å². The fourth-order valence-corrected chi connectivity index (χ4v) is 2.91. The van der Waals surface area contributed by atoms with Crippen molar-refractivity contribution in [3.05, 3.63) is 29.8 Å². The van der Waals surface area contributed by atoms with E-state index in [9.17, 15) is 22.0 Å². The number of halogens is 2. The van der Waals surface area contributed by atoms with Gasteiger partial charge in [-0.05, 0) is 30.5 Å². The van der Waals surface area contributed by atoms with Gasteiger partial charge < -0.3 is 11.1 Å². The average Bonchev–Trinajstić information content (AvgIpc) is 2.53. The summed E-state index contributed by atoms with van der Waals surface area (Å²) in [4.78, 5) is 11.6. The summed E-state index contributed by atoms with van der Waals surface area (Å²) in [7, 11) is -4.61.